The van der Waals surface area contributed by atoms with Crippen molar-refractivity contribution in [2.75, 3.05) is 26.3 Å². The molecule has 1 aromatic rings. The molecule has 1 aliphatic rings. The third-order valence-corrected chi connectivity index (χ3v) is 6.61. The number of hydrogen-bond donors (Lipinski definition) is 2. The van der Waals surface area contributed by atoms with Gasteiger partial charge in [-0.25, -0.2) is 8.42 Å². The number of sulfonamides is 1. The highest BCUT2D eigenvalue weighted by Gasteiger charge is 2.51. The van der Waals surface area contributed by atoms with E-state index in [1.165, 1.54) is 12.1 Å². The van der Waals surface area contributed by atoms with Crippen LogP contribution in [0.15, 0.2) is 29.2 Å². The zero-order chi connectivity index (χ0) is 18.9. The lowest BCUT2D eigenvalue weighted by molar-refractivity contribution is 0.00578. The normalized spacial score (nSPS) is 19.6. The molecular weight excluding hydrogens is 345 g/mol. The van der Waals surface area contributed by atoms with Crippen molar-refractivity contribution in [2.24, 2.45) is 0 Å². The lowest BCUT2D eigenvalue weighted by Crippen LogP contribution is -2.41. The fraction of sp³-hybridized carbons (Fsp3) is 0.625. The average molecular weight is 371 g/mol. The Kier molecular flexibility index (Phi) is 5.97. The number of nitrogens with zero attached hydrogens (tertiary/aromatic N) is 1. The molecule has 0 aromatic heterocycles. The molecule has 1 fully saturated rings. The van der Waals surface area contributed by atoms with E-state index in [4.69, 9.17) is 19.5 Å². The molecule has 0 unspecified atom stereocenters. The summed E-state index contributed by atoms with van der Waals surface area (Å²) in [6, 6.07) is 6.37. The minimum absolute atomic E-state index is 0.0709. The van der Waals surface area contributed by atoms with E-state index >= 15 is 0 Å². The van der Waals surface area contributed by atoms with E-state index < -0.39 is 28.3 Å². The summed E-state index contributed by atoms with van der Waals surface area (Å²) in [5.41, 5.74) is -0.439. The smallest absolute Gasteiger partial charge is 0.399 e. The molecule has 140 valence electrons. The zero-order valence-electron chi connectivity index (χ0n) is 15.1. The first-order valence-corrected chi connectivity index (χ1v) is 9.66. The molecule has 0 aliphatic carbocycles. The fourth-order valence-corrected chi connectivity index (χ4v) is 4.00. The predicted molar refractivity (Wildman–Crippen MR) is 95.1 cm³/mol. The molecule has 1 saturated heterocycles. The van der Waals surface area contributed by atoms with E-state index in [9.17, 15) is 8.42 Å². The molecular formula is C16H26BNO6S. The summed E-state index contributed by atoms with van der Waals surface area (Å²) >= 11 is 0. The fourth-order valence-electron chi connectivity index (χ4n) is 2.53. The van der Waals surface area contributed by atoms with Crippen molar-refractivity contribution in [1.82, 2.24) is 4.31 Å². The van der Waals surface area contributed by atoms with E-state index in [0.717, 1.165) is 4.31 Å². The van der Waals surface area contributed by atoms with E-state index in [0.29, 0.717) is 5.46 Å². The summed E-state index contributed by atoms with van der Waals surface area (Å²) in [5.74, 6) is 0. The van der Waals surface area contributed by atoms with Crippen molar-refractivity contribution in [3.8, 4) is 0 Å². The molecule has 0 radical (unpaired) electrons. The quantitative estimate of drug-likeness (QED) is 0.653. The Labute approximate surface area is 149 Å². The van der Waals surface area contributed by atoms with Gasteiger partial charge in [-0.05, 0) is 45.3 Å². The lowest BCUT2D eigenvalue weighted by atomic mass is 9.79. The minimum Gasteiger partial charge on any atom is -0.399 e. The maximum atomic E-state index is 12.8. The van der Waals surface area contributed by atoms with Crippen LogP contribution >= 0.6 is 0 Å². The monoisotopic (exact) mass is 371 g/mol. The summed E-state index contributed by atoms with van der Waals surface area (Å²) in [5, 5.41) is 18.2. The molecule has 0 bridgehead atoms. The standard InChI is InChI=1S/C16H26BNO6S/c1-15(2)16(3,4)24-17(23-15)13-6-5-7-14(12-13)25(21,22)18(8-10-19)9-11-20/h5-7,12,19-20H,8-11H2,1-4H3. The summed E-state index contributed by atoms with van der Waals surface area (Å²) < 4.78 is 38.5. The van der Waals surface area contributed by atoms with Crippen LogP contribution in [-0.4, -0.2) is 67.6 Å². The van der Waals surface area contributed by atoms with Crippen LogP contribution in [-0.2, 0) is 19.3 Å². The van der Waals surface area contributed by atoms with Crippen LogP contribution in [0.25, 0.3) is 0 Å². The van der Waals surface area contributed by atoms with Crippen molar-refractivity contribution < 1.29 is 27.9 Å². The molecule has 25 heavy (non-hydrogen) atoms. The van der Waals surface area contributed by atoms with Crippen LogP contribution in [0.3, 0.4) is 0 Å². The first-order valence-electron chi connectivity index (χ1n) is 8.22. The van der Waals surface area contributed by atoms with Gasteiger partial charge in [0.25, 0.3) is 0 Å². The molecule has 1 aliphatic heterocycles. The van der Waals surface area contributed by atoms with E-state index in [2.05, 4.69) is 0 Å². The molecule has 1 heterocycles. The highest BCUT2D eigenvalue weighted by atomic mass is 32.2. The molecule has 2 N–H and O–H groups in total. The summed E-state index contributed by atoms with van der Waals surface area (Å²) in [6.07, 6.45) is 0. The Morgan fingerprint density at radius 1 is 1.04 bits per heavy atom. The number of benzene rings is 1. The Morgan fingerprint density at radius 3 is 2.04 bits per heavy atom. The molecule has 9 heteroatoms. The second-order valence-electron chi connectivity index (χ2n) is 7.01. The molecule has 0 spiro atoms. The second kappa shape index (κ2) is 7.34. The Hall–Kier alpha value is -0.965. The van der Waals surface area contributed by atoms with Crippen LogP contribution < -0.4 is 5.46 Å². The third kappa shape index (κ3) is 4.07. The topological polar surface area (TPSA) is 96.3 Å². The SMILES string of the molecule is CC1(C)OB(c2cccc(S(=O)(=O)N(CCO)CCO)c2)OC1(C)C. The van der Waals surface area contributed by atoms with Crippen molar-refractivity contribution in [3.05, 3.63) is 24.3 Å². The van der Waals surface area contributed by atoms with Crippen molar-refractivity contribution in [3.63, 3.8) is 0 Å². The van der Waals surface area contributed by atoms with E-state index in [-0.39, 0.29) is 31.2 Å². The lowest BCUT2D eigenvalue weighted by Gasteiger charge is -2.32. The van der Waals surface area contributed by atoms with Crippen LogP contribution in [0.2, 0.25) is 0 Å². The number of aliphatic hydroxyl groups excluding tert-OH is 2. The summed E-state index contributed by atoms with van der Waals surface area (Å²) in [6.45, 7) is 6.91. The predicted octanol–water partition coefficient (Wildman–Crippen LogP) is -0.0389. The minimum atomic E-state index is -3.83. The van der Waals surface area contributed by atoms with Gasteiger partial charge in [0.1, 0.15) is 0 Å². The highest BCUT2D eigenvalue weighted by molar-refractivity contribution is 7.89. The van der Waals surface area contributed by atoms with Crippen molar-refractivity contribution in [1.29, 1.82) is 0 Å². The zero-order valence-corrected chi connectivity index (χ0v) is 15.9. The third-order valence-electron chi connectivity index (χ3n) is 4.72. The molecule has 2 rings (SSSR count). The maximum absolute atomic E-state index is 12.8. The van der Waals surface area contributed by atoms with E-state index in [1.54, 1.807) is 12.1 Å². The second-order valence-corrected chi connectivity index (χ2v) is 8.95. The maximum Gasteiger partial charge on any atom is 0.494 e. The molecule has 7 nitrogen and oxygen atoms in total. The van der Waals surface area contributed by atoms with Gasteiger partial charge in [-0.3, -0.25) is 0 Å². The van der Waals surface area contributed by atoms with Crippen molar-refractivity contribution in [2.45, 2.75) is 43.8 Å². The first kappa shape index (κ1) is 20.3. The van der Waals surface area contributed by atoms with Gasteiger partial charge in [0.05, 0.1) is 29.3 Å². The molecule has 0 saturated carbocycles. The summed E-state index contributed by atoms with van der Waals surface area (Å²) in [7, 11) is -4.50. The summed E-state index contributed by atoms with van der Waals surface area (Å²) in [4.78, 5) is 0.0709. The van der Waals surface area contributed by atoms with Gasteiger partial charge in [0.15, 0.2) is 0 Å². The van der Waals surface area contributed by atoms with Gasteiger partial charge in [-0.15, -0.1) is 0 Å². The van der Waals surface area contributed by atoms with Crippen LogP contribution in [0.4, 0.5) is 0 Å². The van der Waals surface area contributed by atoms with Gasteiger partial charge >= 0.3 is 7.12 Å². The highest BCUT2D eigenvalue weighted by Crippen LogP contribution is 2.36. The van der Waals surface area contributed by atoms with Crippen LogP contribution in [0, 0.1) is 0 Å². The number of hydrogen-bond acceptors (Lipinski definition) is 6. The molecule has 1 aromatic carbocycles. The van der Waals surface area contributed by atoms with E-state index in [1.807, 2.05) is 27.7 Å². The Morgan fingerprint density at radius 2 is 1.56 bits per heavy atom. The molecule has 0 amide bonds. The Bertz CT molecular complexity index is 684. The largest absolute Gasteiger partial charge is 0.494 e. The number of aliphatic hydroxyl groups is 2. The first-order chi connectivity index (χ1) is 11.5. The van der Waals surface area contributed by atoms with Gasteiger partial charge in [0, 0.05) is 13.1 Å². The Balaban J connectivity index is 2.33. The van der Waals surface area contributed by atoms with Gasteiger partial charge < -0.3 is 19.5 Å². The average Bonchev–Trinajstić information content (AvgIpc) is 2.75. The van der Waals surface area contributed by atoms with Crippen molar-refractivity contribution >= 4 is 22.6 Å². The van der Waals surface area contributed by atoms with Crippen LogP contribution in [0.1, 0.15) is 27.7 Å². The van der Waals surface area contributed by atoms with Gasteiger partial charge in [0.2, 0.25) is 10.0 Å². The molecule has 0 atom stereocenters. The van der Waals surface area contributed by atoms with Gasteiger partial charge in [-0.2, -0.15) is 4.31 Å². The van der Waals surface area contributed by atoms with Crippen LogP contribution in [0.5, 0.6) is 0 Å². The van der Waals surface area contributed by atoms with Gasteiger partial charge in [-0.1, -0.05) is 12.1 Å². The number of rotatable bonds is 7.